The number of rotatable bonds is 6. The molecule has 2 aromatic carbocycles. The lowest BCUT2D eigenvalue weighted by molar-refractivity contribution is 0.0697. The normalized spacial score (nSPS) is 11.0. The summed E-state index contributed by atoms with van der Waals surface area (Å²) in [4.78, 5) is 10.9. The Morgan fingerprint density at radius 3 is 2.65 bits per heavy atom. The first-order valence-corrected chi connectivity index (χ1v) is 8.48. The van der Waals surface area contributed by atoms with E-state index in [1.54, 1.807) is 6.92 Å². The third-order valence-electron chi connectivity index (χ3n) is 2.86. The molecule has 0 aromatic heterocycles. The summed E-state index contributed by atoms with van der Waals surface area (Å²) in [7, 11) is -3.95. The van der Waals surface area contributed by atoms with E-state index in [4.69, 9.17) is 21.4 Å². The van der Waals surface area contributed by atoms with Gasteiger partial charge in [-0.15, -0.1) is 0 Å². The van der Waals surface area contributed by atoms with Gasteiger partial charge in [0.2, 0.25) is 0 Å². The van der Waals surface area contributed by atoms with Gasteiger partial charge in [0.15, 0.2) is 0 Å². The third-order valence-corrected chi connectivity index (χ3v) is 4.51. The van der Waals surface area contributed by atoms with Crippen LogP contribution in [-0.2, 0) is 10.0 Å². The summed E-state index contributed by atoms with van der Waals surface area (Å²) in [6, 6.07) is 9.69. The van der Waals surface area contributed by atoms with E-state index >= 15 is 0 Å². The van der Waals surface area contributed by atoms with Gasteiger partial charge in [0.1, 0.15) is 10.6 Å². The van der Waals surface area contributed by atoms with Gasteiger partial charge in [-0.05, 0) is 37.3 Å². The fourth-order valence-corrected chi connectivity index (χ4v) is 3.24. The topological polar surface area (TPSA) is 92.7 Å². The van der Waals surface area contributed by atoms with E-state index in [0.717, 1.165) is 0 Å². The first-order valence-electron chi connectivity index (χ1n) is 6.62. The molecule has 6 nitrogen and oxygen atoms in total. The molecule has 0 saturated carbocycles. The minimum atomic E-state index is -3.95. The first kappa shape index (κ1) is 17.1. The minimum Gasteiger partial charge on any atom is -0.492 e. The number of ether oxygens (including phenoxy) is 1. The van der Waals surface area contributed by atoms with Crippen molar-refractivity contribution in [2.24, 2.45) is 0 Å². The molecule has 0 fully saturated rings. The highest BCUT2D eigenvalue weighted by Crippen LogP contribution is 2.29. The number of nitrogens with one attached hydrogen (secondary N) is 1. The molecule has 0 bridgehead atoms. The molecule has 0 aliphatic heterocycles. The molecule has 0 radical (unpaired) electrons. The molecule has 0 atom stereocenters. The van der Waals surface area contributed by atoms with Gasteiger partial charge < -0.3 is 9.84 Å². The second-order valence-electron chi connectivity index (χ2n) is 4.52. The summed E-state index contributed by atoms with van der Waals surface area (Å²) >= 11 is 5.86. The van der Waals surface area contributed by atoms with Crippen LogP contribution < -0.4 is 9.46 Å². The van der Waals surface area contributed by atoms with Crippen LogP contribution in [0.3, 0.4) is 0 Å². The number of carbonyl (C=O) groups is 1. The maximum absolute atomic E-state index is 12.5. The molecule has 0 aliphatic carbocycles. The highest BCUT2D eigenvalue weighted by molar-refractivity contribution is 7.92. The van der Waals surface area contributed by atoms with Gasteiger partial charge in [0.25, 0.3) is 10.0 Å². The average molecular weight is 356 g/mol. The van der Waals surface area contributed by atoms with Crippen molar-refractivity contribution in [3.05, 3.63) is 53.1 Å². The Hall–Kier alpha value is -2.25. The fourth-order valence-electron chi connectivity index (χ4n) is 1.90. The average Bonchev–Trinajstić information content (AvgIpc) is 2.47. The zero-order chi connectivity index (χ0) is 17.0. The number of halogens is 1. The smallest absolute Gasteiger partial charge is 0.335 e. The van der Waals surface area contributed by atoms with Crippen molar-refractivity contribution in [2.75, 3.05) is 11.3 Å². The van der Waals surface area contributed by atoms with E-state index < -0.39 is 16.0 Å². The number of benzene rings is 2. The third kappa shape index (κ3) is 4.14. The van der Waals surface area contributed by atoms with Crippen LogP contribution in [-0.4, -0.2) is 26.1 Å². The number of carboxylic acids is 1. The predicted octanol–water partition coefficient (Wildman–Crippen LogP) is 3.24. The molecule has 0 aliphatic rings. The van der Waals surface area contributed by atoms with Gasteiger partial charge in [-0.3, -0.25) is 4.72 Å². The second-order valence-corrected chi connectivity index (χ2v) is 6.60. The van der Waals surface area contributed by atoms with E-state index in [1.807, 2.05) is 0 Å². The van der Waals surface area contributed by atoms with Crippen molar-refractivity contribution in [3.8, 4) is 5.75 Å². The number of carboxylic acid groups (broad SMARTS) is 1. The van der Waals surface area contributed by atoms with Crippen LogP contribution in [0, 0.1) is 0 Å². The Kier molecular flexibility index (Phi) is 5.12. The molecule has 122 valence electrons. The van der Waals surface area contributed by atoms with Crippen LogP contribution in [0.25, 0.3) is 0 Å². The molecule has 0 amide bonds. The number of hydrogen-bond acceptors (Lipinski definition) is 4. The minimum absolute atomic E-state index is 0.0219. The monoisotopic (exact) mass is 355 g/mol. The Balaban J connectivity index is 2.39. The second kappa shape index (κ2) is 6.89. The SMILES string of the molecule is CCOc1cc(Cl)ccc1S(=O)(=O)Nc1cccc(C(=O)O)c1. The lowest BCUT2D eigenvalue weighted by Gasteiger charge is -2.13. The molecule has 0 unspecified atom stereocenters. The van der Waals surface area contributed by atoms with Crippen LogP contribution in [0.2, 0.25) is 5.02 Å². The molecule has 0 saturated heterocycles. The summed E-state index contributed by atoms with van der Waals surface area (Å²) < 4.78 is 32.7. The molecule has 2 N–H and O–H groups in total. The maximum atomic E-state index is 12.5. The van der Waals surface area contributed by atoms with Crippen LogP contribution in [0.5, 0.6) is 5.75 Å². The summed E-state index contributed by atoms with van der Waals surface area (Å²) in [6.45, 7) is 2.00. The maximum Gasteiger partial charge on any atom is 0.335 e. The fraction of sp³-hybridized carbons (Fsp3) is 0.133. The quantitative estimate of drug-likeness (QED) is 0.829. The Morgan fingerprint density at radius 2 is 2.00 bits per heavy atom. The van der Waals surface area contributed by atoms with Gasteiger partial charge in [-0.2, -0.15) is 0 Å². The lowest BCUT2D eigenvalue weighted by atomic mass is 10.2. The highest BCUT2D eigenvalue weighted by Gasteiger charge is 2.20. The van der Waals surface area contributed by atoms with Crippen molar-refractivity contribution >= 4 is 33.3 Å². The molecule has 0 heterocycles. The number of hydrogen-bond donors (Lipinski definition) is 2. The summed E-state index contributed by atoms with van der Waals surface area (Å²) in [5.74, 6) is -1.02. The van der Waals surface area contributed by atoms with Gasteiger partial charge in [-0.1, -0.05) is 17.7 Å². The van der Waals surface area contributed by atoms with Crippen molar-refractivity contribution in [1.29, 1.82) is 0 Å². The Labute approximate surface area is 138 Å². The Bertz CT molecular complexity index is 836. The van der Waals surface area contributed by atoms with Crippen molar-refractivity contribution in [2.45, 2.75) is 11.8 Å². The largest absolute Gasteiger partial charge is 0.492 e. The van der Waals surface area contributed by atoms with Crippen molar-refractivity contribution < 1.29 is 23.1 Å². The summed E-state index contributed by atoms with van der Waals surface area (Å²) in [5.41, 5.74) is 0.119. The van der Waals surface area contributed by atoms with Gasteiger partial charge >= 0.3 is 5.97 Å². The van der Waals surface area contributed by atoms with Crippen molar-refractivity contribution in [3.63, 3.8) is 0 Å². The van der Waals surface area contributed by atoms with E-state index in [2.05, 4.69) is 4.72 Å². The standard InChI is InChI=1S/C15H14ClNO5S/c1-2-22-13-9-11(16)6-7-14(13)23(20,21)17-12-5-3-4-10(8-12)15(18)19/h3-9,17H,2H2,1H3,(H,18,19). The van der Waals surface area contributed by atoms with Crippen LogP contribution >= 0.6 is 11.6 Å². The number of aromatic carboxylic acids is 1. The van der Waals surface area contributed by atoms with Crippen molar-refractivity contribution in [1.82, 2.24) is 0 Å². The molecule has 2 rings (SSSR count). The molecule has 0 spiro atoms. The molecular weight excluding hydrogens is 342 g/mol. The van der Waals surface area contributed by atoms with Crippen LogP contribution in [0.15, 0.2) is 47.4 Å². The van der Waals surface area contributed by atoms with E-state index in [0.29, 0.717) is 5.02 Å². The number of sulfonamides is 1. The summed E-state index contributed by atoms with van der Waals surface area (Å²) in [5, 5.41) is 9.30. The molecule has 8 heteroatoms. The van der Waals surface area contributed by atoms with Gasteiger partial charge in [0, 0.05) is 16.8 Å². The Morgan fingerprint density at radius 1 is 1.26 bits per heavy atom. The molecular formula is C15H14ClNO5S. The summed E-state index contributed by atoms with van der Waals surface area (Å²) in [6.07, 6.45) is 0. The van der Waals surface area contributed by atoms with Crippen LogP contribution in [0.4, 0.5) is 5.69 Å². The first-order chi connectivity index (χ1) is 10.8. The lowest BCUT2D eigenvalue weighted by Crippen LogP contribution is -2.15. The number of anilines is 1. The molecule has 2 aromatic rings. The predicted molar refractivity (Wildman–Crippen MR) is 86.8 cm³/mol. The zero-order valence-corrected chi connectivity index (χ0v) is 13.7. The van der Waals surface area contributed by atoms with E-state index in [1.165, 1.54) is 42.5 Å². The van der Waals surface area contributed by atoms with Crippen LogP contribution in [0.1, 0.15) is 17.3 Å². The van der Waals surface area contributed by atoms with E-state index in [-0.39, 0.29) is 28.5 Å². The van der Waals surface area contributed by atoms with Gasteiger partial charge in [-0.25, -0.2) is 13.2 Å². The van der Waals surface area contributed by atoms with Gasteiger partial charge in [0.05, 0.1) is 12.2 Å². The molecule has 23 heavy (non-hydrogen) atoms. The van der Waals surface area contributed by atoms with E-state index in [9.17, 15) is 13.2 Å². The highest BCUT2D eigenvalue weighted by atomic mass is 35.5. The zero-order valence-electron chi connectivity index (χ0n) is 12.1.